The highest BCUT2D eigenvalue weighted by atomic mass is 16.4. The lowest BCUT2D eigenvalue weighted by Crippen LogP contribution is -2.14. The van der Waals surface area contributed by atoms with Crippen LogP contribution >= 0.6 is 0 Å². The van der Waals surface area contributed by atoms with E-state index < -0.39 is 5.97 Å². The Morgan fingerprint density at radius 1 is 1.44 bits per heavy atom. The summed E-state index contributed by atoms with van der Waals surface area (Å²) in [5.74, 6) is -1.23. The highest BCUT2D eigenvalue weighted by Gasteiger charge is 2.12. The molecule has 0 heterocycles. The molecule has 16 heavy (non-hydrogen) atoms. The first kappa shape index (κ1) is 12.2. The van der Waals surface area contributed by atoms with Crippen LogP contribution in [0.25, 0.3) is 0 Å². The molecule has 0 bridgehead atoms. The number of nitrogens with one attached hydrogen (secondary N) is 1. The number of nitrogens with two attached hydrogens (primary N) is 1. The number of hydrogen-bond donors (Lipinski definition) is 3. The third-order valence-corrected chi connectivity index (χ3v) is 2.10. The number of anilines is 1. The predicted octanol–water partition coefficient (Wildman–Crippen LogP) is 1.36. The lowest BCUT2D eigenvalue weighted by molar-refractivity contribution is -0.114. The van der Waals surface area contributed by atoms with Crippen molar-refractivity contribution in [2.45, 2.75) is 19.9 Å². The standard InChI is InChI=1S/C11H14N2O3/c1-6(12)9-5-8(11(15)16)3-4-10(9)13-7(2)14/h3-6H,12H2,1-2H3,(H,13,14)(H,15,16). The van der Waals surface area contributed by atoms with Crippen molar-refractivity contribution in [2.24, 2.45) is 5.73 Å². The number of carbonyl (C=O) groups is 2. The molecule has 4 N–H and O–H groups in total. The zero-order valence-electron chi connectivity index (χ0n) is 9.15. The Bertz CT molecular complexity index is 427. The van der Waals surface area contributed by atoms with Gasteiger partial charge in [-0.15, -0.1) is 0 Å². The second-order valence-corrected chi connectivity index (χ2v) is 3.58. The van der Waals surface area contributed by atoms with Crippen molar-refractivity contribution in [1.29, 1.82) is 0 Å². The molecule has 1 atom stereocenters. The van der Waals surface area contributed by atoms with Gasteiger partial charge in [-0.3, -0.25) is 4.79 Å². The summed E-state index contributed by atoms with van der Waals surface area (Å²) in [6.45, 7) is 3.11. The minimum Gasteiger partial charge on any atom is -0.478 e. The van der Waals surface area contributed by atoms with E-state index >= 15 is 0 Å². The third kappa shape index (κ3) is 2.80. The minimum atomic E-state index is -1.02. The van der Waals surface area contributed by atoms with E-state index in [4.69, 9.17) is 10.8 Å². The van der Waals surface area contributed by atoms with Crippen LogP contribution in [-0.4, -0.2) is 17.0 Å². The molecule has 0 fully saturated rings. The number of benzene rings is 1. The molecule has 1 aromatic carbocycles. The highest BCUT2D eigenvalue weighted by Crippen LogP contribution is 2.23. The van der Waals surface area contributed by atoms with Crippen molar-refractivity contribution < 1.29 is 14.7 Å². The van der Waals surface area contributed by atoms with Crippen molar-refractivity contribution in [3.63, 3.8) is 0 Å². The van der Waals surface area contributed by atoms with E-state index in [0.717, 1.165) is 0 Å². The molecule has 0 aliphatic heterocycles. The molecule has 1 aromatic rings. The Kier molecular flexibility index (Phi) is 3.63. The Morgan fingerprint density at radius 2 is 2.06 bits per heavy atom. The number of amides is 1. The Morgan fingerprint density at radius 3 is 2.50 bits per heavy atom. The lowest BCUT2D eigenvalue weighted by Gasteiger charge is -2.13. The van der Waals surface area contributed by atoms with Crippen LogP contribution in [0.4, 0.5) is 5.69 Å². The van der Waals surface area contributed by atoms with Crippen LogP contribution in [0.3, 0.4) is 0 Å². The highest BCUT2D eigenvalue weighted by molar-refractivity contribution is 5.92. The summed E-state index contributed by atoms with van der Waals surface area (Å²) in [6.07, 6.45) is 0. The van der Waals surface area contributed by atoms with E-state index in [1.165, 1.54) is 19.1 Å². The molecule has 0 radical (unpaired) electrons. The van der Waals surface area contributed by atoms with E-state index in [9.17, 15) is 9.59 Å². The normalized spacial score (nSPS) is 11.9. The zero-order chi connectivity index (χ0) is 12.3. The molecular weight excluding hydrogens is 208 g/mol. The van der Waals surface area contributed by atoms with Crippen molar-refractivity contribution in [3.05, 3.63) is 29.3 Å². The molecule has 0 spiro atoms. The Labute approximate surface area is 93.3 Å². The zero-order valence-corrected chi connectivity index (χ0v) is 9.15. The molecule has 1 amide bonds. The topological polar surface area (TPSA) is 92.4 Å². The summed E-state index contributed by atoms with van der Waals surface area (Å²) >= 11 is 0. The Balaban J connectivity index is 3.19. The summed E-state index contributed by atoms with van der Waals surface area (Å²) < 4.78 is 0. The largest absolute Gasteiger partial charge is 0.478 e. The fraction of sp³-hybridized carbons (Fsp3) is 0.273. The summed E-state index contributed by atoms with van der Waals surface area (Å²) in [4.78, 5) is 21.7. The van der Waals surface area contributed by atoms with Gasteiger partial charge in [0, 0.05) is 18.7 Å². The minimum absolute atomic E-state index is 0.154. The molecule has 0 aliphatic rings. The van der Waals surface area contributed by atoms with Crippen LogP contribution in [-0.2, 0) is 4.79 Å². The fourth-order valence-electron chi connectivity index (χ4n) is 1.38. The average molecular weight is 222 g/mol. The first-order valence-electron chi connectivity index (χ1n) is 4.82. The molecule has 86 valence electrons. The average Bonchev–Trinajstić information content (AvgIpc) is 2.16. The number of rotatable bonds is 3. The molecule has 1 rings (SSSR count). The van der Waals surface area contributed by atoms with Gasteiger partial charge in [0.1, 0.15) is 0 Å². The summed E-state index contributed by atoms with van der Waals surface area (Å²) in [7, 11) is 0. The summed E-state index contributed by atoms with van der Waals surface area (Å²) in [5, 5.41) is 11.4. The number of carboxylic acid groups (broad SMARTS) is 1. The van der Waals surface area contributed by atoms with Gasteiger partial charge in [-0.2, -0.15) is 0 Å². The van der Waals surface area contributed by atoms with Crippen LogP contribution in [0.2, 0.25) is 0 Å². The van der Waals surface area contributed by atoms with E-state index in [1.807, 2.05) is 0 Å². The van der Waals surface area contributed by atoms with Gasteiger partial charge in [0.15, 0.2) is 0 Å². The second kappa shape index (κ2) is 4.76. The SMILES string of the molecule is CC(=O)Nc1ccc(C(=O)O)cc1C(C)N. The molecule has 0 saturated heterocycles. The molecular formula is C11H14N2O3. The van der Waals surface area contributed by atoms with E-state index in [1.54, 1.807) is 13.0 Å². The quantitative estimate of drug-likeness (QED) is 0.720. The van der Waals surface area contributed by atoms with Crippen LogP contribution < -0.4 is 11.1 Å². The van der Waals surface area contributed by atoms with Crippen LogP contribution in [0.15, 0.2) is 18.2 Å². The van der Waals surface area contributed by atoms with Gasteiger partial charge in [-0.25, -0.2) is 4.79 Å². The van der Waals surface area contributed by atoms with Gasteiger partial charge < -0.3 is 16.2 Å². The smallest absolute Gasteiger partial charge is 0.335 e. The van der Waals surface area contributed by atoms with Crippen LogP contribution in [0.1, 0.15) is 35.8 Å². The van der Waals surface area contributed by atoms with E-state index in [2.05, 4.69) is 5.32 Å². The van der Waals surface area contributed by atoms with Crippen molar-refractivity contribution in [2.75, 3.05) is 5.32 Å². The van der Waals surface area contributed by atoms with Crippen LogP contribution in [0, 0.1) is 0 Å². The van der Waals surface area contributed by atoms with E-state index in [0.29, 0.717) is 11.3 Å². The van der Waals surface area contributed by atoms with Gasteiger partial charge in [0.05, 0.1) is 5.56 Å². The summed E-state index contributed by atoms with van der Waals surface area (Å²) in [6, 6.07) is 4.10. The van der Waals surface area contributed by atoms with Crippen molar-refractivity contribution >= 4 is 17.6 Å². The fourth-order valence-corrected chi connectivity index (χ4v) is 1.38. The van der Waals surface area contributed by atoms with Gasteiger partial charge in [0.2, 0.25) is 5.91 Å². The molecule has 1 unspecified atom stereocenters. The number of hydrogen-bond acceptors (Lipinski definition) is 3. The number of aromatic carboxylic acids is 1. The third-order valence-electron chi connectivity index (χ3n) is 2.10. The first-order chi connectivity index (χ1) is 7.41. The maximum absolute atomic E-state index is 10.9. The predicted molar refractivity (Wildman–Crippen MR) is 60.3 cm³/mol. The molecule has 5 heteroatoms. The second-order valence-electron chi connectivity index (χ2n) is 3.58. The molecule has 5 nitrogen and oxygen atoms in total. The van der Waals surface area contributed by atoms with Gasteiger partial charge in [-0.05, 0) is 30.7 Å². The van der Waals surface area contributed by atoms with E-state index in [-0.39, 0.29) is 17.5 Å². The van der Waals surface area contributed by atoms with Crippen molar-refractivity contribution in [3.8, 4) is 0 Å². The maximum atomic E-state index is 10.9. The van der Waals surface area contributed by atoms with Gasteiger partial charge in [-0.1, -0.05) is 0 Å². The number of carboxylic acids is 1. The first-order valence-corrected chi connectivity index (χ1v) is 4.82. The summed E-state index contributed by atoms with van der Waals surface area (Å²) in [5.41, 5.74) is 7.02. The molecule has 0 aromatic heterocycles. The van der Waals surface area contributed by atoms with Crippen LogP contribution in [0.5, 0.6) is 0 Å². The monoisotopic (exact) mass is 222 g/mol. The Hall–Kier alpha value is -1.88. The van der Waals surface area contributed by atoms with Crippen molar-refractivity contribution in [1.82, 2.24) is 0 Å². The van der Waals surface area contributed by atoms with Gasteiger partial charge in [0.25, 0.3) is 0 Å². The maximum Gasteiger partial charge on any atom is 0.335 e. The molecule has 0 aliphatic carbocycles. The lowest BCUT2D eigenvalue weighted by atomic mass is 10.0. The number of carbonyl (C=O) groups excluding carboxylic acids is 1. The van der Waals surface area contributed by atoms with Gasteiger partial charge >= 0.3 is 5.97 Å². The molecule has 0 saturated carbocycles.